The maximum Gasteiger partial charge on any atom is 0.406 e. The molecule has 10 heteroatoms. The van der Waals surface area contributed by atoms with Crippen molar-refractivity contribution in [1.29, 1.82) is 0 Å². The van der Waals surface area contributed by atoms with E-state index in [1.165, 1.54) is 0 Å². The van der Waals surface area contributed by atoms with Gasteiger partial charge in [-0.1, -0.05) is 18.2 Å². The third kappa shape index (κ3) is 11.0. The lowest BCUT2D eigenvalue weighted by atomic mass is 10.3. The first-order chi connectivity index (χ1) is 11.8. The van der Waals surface area contributed by atoms with Crippen LogP contribution in [0.25, 0.3) is 0 Å². The van der Waals surface area contributed by atoms with Crippen LogP contribution in [0.2, 0.25) is 0 Å². The Morgan fingerprint density at radius 3 is 2.46 bits per heavy atom. The number of ether oxygens (including phenoxy) is 1. The zero-order valence-corrected chi connectivity index (χ0v) is 17.0. The van der Waals surface area contributed by atoms with Crippen LogP contribution in [0.5, 0.6) is 5.75 Å². The summed E-state index contributed by atoms with van der Waals surface area (Å²) in [6, 6.07) is 9.26. The number of guanidine groups is 1. The second-order valence-corrected chi connectivity index (χ2v) is 5.15. The van der Waals surface area contributed by atoms with Crippen LogP contribution in [-0.2, 0) is 4.79 Å². The van der Waals surface area contributed by atoms with E-state index in [1.54, 1.807) is 0 Å². The molecule has 2 N–H and O–H groups in total. The molecular formula is C16H24F3IN4O2. The zero-order valence-electron chi connectivity index (χ0n) is 14.7. The van der Waals surface area contributed by atoms with Crippen molar-refractivity contribution in [3.63, 3.8) is 0 Å². The Balaban J connectivity index is 0.00000625. The van der Waals surface area contributed by atoms with Gasteiger partial charge in [-0.05, 0) is 19.1 Å². The number of hydrogen-bond acceptors (Lipinski definition) is 3. The molecule has 0 radical (unpaired) electrons. The van der Waals surface area contributed by atoms with Gasteiger partial charge >= 0.3 is 6.18 Å². The number of benzene rings is 1. The number of alkyl halides is 3. The Morgan fingerprint density at radius 1 is 1.23 bits per heavy atom. The summed E-state index contributed by atoms with van der Waals surface area (Å²) in [5.41, 5.74) is 0. The number of carbonyl (C=O) groups is 1. The van der Waals surface area contributed by atoms with E-state index >= 15 is 0 Å². The van der Waals surface area contributed by atoms with Crippen LogP contribution in [0.15, 0.2) is 35.3 Å². The van der Waals surface area contributed by atoms with E-state index in [1.807, 2.05) is 37.3 Å². The number of halogens is 4. The third-order valence-electron chi connectivity index (χ3n) is 2.97. The second-order valence-electron chi connectivity index (χ2n) is 5.15. The molecule has 0 saturated carbocycles. The van der Waals surface area contributed by atoms with Crippen molar-refractivity contribution < 1.29 is 22.7 Å². The molecule has 0 heterocycles. The monoisotopic (exact) mass is 488 g/mol. The first-order valence-electron chi connectivity index (χ1n) is 7.82. The number of hydrogen-bond donors (Lipinski definition) is 2. The largest absolute Gasteiger partial charge is 0.492 e. The van der Waals surface area contributed by atoms with Crippen molar-refractivity contribution in [3.05, 3.63) is 30.3 Å². The molecule has 0 bridgehead atoms. The summed E-state index contributed by atoms with van der Waals surface area (Å²) in [7, 11) is 1.10. The van der Waals surface area contributed by atoms with Gasteiger partial charge < -0.3 is 20.3 Å². The van der Waals surface area contributed by atoms with Gasteiger partial charge in [0, 0.05) is 13.6 Å². The molecule has 0 fully saturated rings. The molecule has 0 spiro atoms. The number of nitrogens with zero attached hydrogens (tertiary/aromatic N) is 2. The highest BCUT2D eigenvalue weighted by atomic mass is 127. The molecule has 0 saturated heterocycles. The Hall–Kier alpha value is -1.72. The summed E-state index contributed by atoms with van der Waals surface area (Å²) in [4.78, 5) is 16.3. The van der Waals surface area contributed by atoms with Crippen LogP contribution in [0.3, 0.4) is 0 Å². The van der Waals surface area contributed by atoms with Gasteiger partial charge in [0.15, 0.2) is 5.96 Å². The first-order valence-corrected chi connectivity index (χ1v) is 7.82. The summed E-state index contributed by atoms with van der Waals surface area (Å²) in [5.74, 6) is 0.359. The van der Waals surface area contributed by atoms with Crippen molar-refractivity contribution >= 4 is 35.8 Å². The fourth-order valence-electron chi connectivity index (χ4n) is 1.82. The predicted molar refractivity (Wildman–Crippen MR) is 105 cm³/mol. The van der Waals surface area contributed by atoms with Gasteiger partial charge in [0.05, 0.1) is 6.54 Å². The van der Waals surface area contributed by atoms with Crippen molar-refractivity contribution in [3.8, 4) is 5.75 Å². The molecule has 0 aliphatic carbocycles. The summed E-state index contributed by atoms with van der Waals surface area (Å²) in [5, 5.41) is 5.87. The fourth-order valence-corrected chi connectivity index (χ4v) is 1.82. The highest BCUT2D eigenvalue weighted by molar-refractivity contribution is 14.0. The second kappa shape index (κ2) is 12.6. The number of aliphatic imine (C=N–C) groups is 1. The van der Waals surface area contributed by atoms with Crippen LogP contribution in [-0.4, -0.2) is 62.8 Å². The Labute approximate surface area is 168 Å². The normalized spacial score (nSPS) is 11.3. The average molecular weight is 488 g/mol. The Morgan fingerprint density at radius 2 is 1.88 bits per heavy atom. The van der Waals surface area contributed by atoms with Crippen molar-refractivity contribution in [2.45, 2.75) is 13.1 Å². The molecule has 1 aromatic carbocycles. The minimum absolute atomic E-state index is 0. The van der Waals surface area contributed by atoms with Gasteiger partial charge in [0.2, 0.25) is 5.91 Å². The molecular weight excluding hydrogens is 464 g/mol. The van der Waals surface area contributed by atoms with E-state index in [9.17, 15) is 18.0 Å². The topological polar surface area (TPSA) is 66.0 Å². The maximum absolute atomic E-state index is 12.3. The Bertz CT molecular complexity index is 556. The van der Waals surface area contributed by atoms with E-state index in [4.69, 9.17) is 4.74 Å². The smallest absolute Gasteiger partial charge is 0.406 e. The van der Waals surface area contributed by atoms with Gasteiger partial charge in [-0.3, -0.25) is 4.79 Å². The number of carbonyl (C=O) groups excluding carboxylic acids is 1. The number of rotatable bonds is 8. The van der Waals surface area contributed by atoms with Gasteiger partial charge in [-0.25, -0.2) is 4.99 Å². The number of para-hydroxylation sites is 1. The van der Waals surface area contributed by atoms with E-state index in [0.29, 0.717) is 30.6 Å². The number of amides is 1. The predicted octanol–water partition coefficient (Wildman–Crippen LogP) is 2.26. The van der Waals surface area contributed by atoms with Crippen LogP contribution >= 0.6 is 24.0 Å². The summed E-state index contributed by atoms with van der Waals surface area (Å²) in [6.07, 6.45) is -4.42. The zero-order chi connectivity index (χ0) is 18.7. The quantitative estimate of drug-likeness (QED) is 0.255. The van der Waals surface area contributed by atoms with Crippen LogP contribution in [0.1, 0.15) is 6.92 Å². The summed E-state index contributed by atoms with van der Waals surface area (Å²) < 4.78 is 42.3. The highest BCUT2D eigenvalue weighted by Crippen LogP contribution is 2.15. The molecule has 1 amide bonds. The lowest BCUT2D eigenvalue weighted by Gasteiger charge is -2.18. The van der Waals surface area contributed by atoms with Crippen LogP contribution < -0.4 is 15.4 Å². The molecule has 0 atom stereocenters. The minimum Gasteiger partial charge on any atom is -0.492 e. The van der Waals surface area contributed by atoms with Crippen molar-refractivity contribution in [2.24, 2.45) is 4.99 Å². The molecule has 0 unspecified atom stereocenters. The third-order valence-corrected chi connectivity index (χ3v) is 2.97. The Kier molecular flexibility index (Phi) is 11.8. The van der Waals surface area contributed by atoms with Crippen molar-refractivity contribution in [1.82, 2.24) is 15.5 Å². The first kappa shape index (κ1) is 24.3. The lowest BCUT2D eigenvalue weighted by molar-refractivity contribution is -0.157. The number of likely N-dealkylation sites (N-methyl/N-ethyl adjacent to an activating group) is 1. The van der Waals surface area contributed by atoms with E-state index < -0.39 is 18.6 Å². The number of nitrogens with one attached hydrogen (secondary N) is 2. The molecule has 26 heavy (non-hydrogen) atoms. The van der Waals surface area contributed by atoms with Crippen LogP contribution in [0, 0.1) is 0 Å². The van der Waals surface area contributed by atoms with E-state index in [0.717, 1.165) is 12.8 Å². The molecule has 148 valence electrons. The SMILES string of the molecule is CCNC(=NCC(=O)N(C)CC(F)(F)F)NCCOc1ccccc1.I. The van der Waals surface area contributed by atoms with Gasteiger partial charge in [0.25, 0.3) is 0 Å². The highest BCUT2D eigenvalue weighted by Gasteiger charge is 2.30. The minimum atomic E-state index is -4.42. The van der Waals surface area contributed by atoms with Gasteiger partial charge in [-0.2, -0.15) is 13.2 Å². The summed E-state index contributed by atoms with van der Waals surface area (Å²) >= 11 is 0. The van der Waals surface area contributed by atoms with Crippen molar-refractivity contribution in [2.75, 3.05) is 39.8 Å². The molecule has 0 aliphatic rings. The standard InChI is InChI=1S/C16H23F3N4O2.HI/c1-3-20-15(21-9-10-25-13-7-5-4-6-8-13)22-11-14(24)23(2)12-16(17,18)19;/h4-8H,3,9-12H2,1-2H3,(H2,20,21,22);1H. The van der Waals surface area contributed by atoms with Crippen LogP contribution in [0.4, 0.5) is 13.2 Å². The van der Waals surface area contributed by atoms with Gasteiger partial charge in [-0.15, -0.1) is 24.0 Å². The molecule has 6 nitrogen and oxygen atoms in total. The molecule has 1 aromatic rings. The average Bonchev–Trinajstić information content (AvgIpc) is 2.55. The molecule has 0 aromatic heterocycles. The lowest BCUT2D eigenvalue weighted by Crippen LogP contribution is -2.41. The van der Waals surface area contributed by atoms with E-state index in [2.05, 4.69) is 15.6 Å². The molecule has 0 aliphatic heterocycles. The van der Waals surface area contributed by atoms with E-state index in [-0.39, 0.29) is 30.5 Å². The molecule has 1 rings (SSSR count). The summed E-state index contributed by atoms with van der Waals surface area (Å²) in [6.45, 7) is 1.52. The van der Waals surface area contributed by atoms with Gasteiger partial charge in [0.1, 0.15) is 25.4 Å². The maximum atomic E-state index is 12.3. The fraction of sp³-hybridized carbons (Fsp3) is 0.500.